The number of nitrogens with one attached hydrogen (secondary N) is 1. The van der Waals surface area contributed by atoms with Crippen molar-refractivity contribution < 1.29 is 9.53 Å². The molecule has 1 amide bonds. The van der Waals surface area contributed by atoms with E-state index in [0.717, 1.165) is 0 Å². The van der Waals surface area contributed by atoms with Crippen LogP contribution >= 0.6 is 11.6 Å². The summed E-state index contributed by atoms with van der Waals surface area (Å²) in [6.45, 7) is 0. The van der Waals surface area contributed by atoms with Gasteiger partial charge in [-0.2, -0.15) is 5.10 Å². The molecule has 0 fully saturated rings. The summed E-state index contributed by atoms with van der Waals surface area (Å²) >= 11 is 6.03. The lowest BCUT2D eigenvalue weighted by Gasteiger charge is -2.11. The third-order valence-corrected chi connectivity index (χ3v) is 3.46. The maximum Gasteiger partial charge on any atom is 0.255 e. The van der Waals surface area contributed by atoms with Crippen LogP contribution in [0.4, 0.5) is 5.69 Å². The quantitative estimate of drug-likeness (QED) is 0.798. The van der Waals surface area contributed by atoms with Gasteiger partial charge >= 0.3 is 0 Å². The normalized spacial score (nSPS) is 10.3. The summed E-state index contributed by atoms with van der Waals surface area (Å²) in [5.41, 5.74) is 1.73. The minimum absolute atomic E-state index is 0.253. The lowest BCUT2D eigenvalue weighted by molar-refractivity contribution is 0.102. The second-order valence-corrected chi connectivity index (χ2v) is 5.12. The molecule has 0 aliphatic rings. The Morgan fingerprint density at radius 1 is 1.22 bits per heavy atom. The molecule has 6 nitrogen and oxygen atoms in total. The van der Waals surface area contributed by atoms with Gasteiger partial charge in [0.2, 0.25) is 0 Å². The number of carbonyl (C=O) groups is 1. The Labute approximate surface area is 137 Å². The van der Waals surface area contributed by atoms with Crippen molar-refractivity contribution in [2.24, 2.45) is 0 Å². The lowest BCUT2D eigenvalue weighted by Crippen LogP contribution is -2.14. The first kappa shape index (κ1) is 15.1. The Kier molecular flexibility index (Phi) is 4.25. The van der Waals surface area contributed by atoms with E-state index in [2.05, 4.69) is 15.4 Å². The first-order valence-corrected chi connectivity index (χ1v) is 7.15. The standard InChI is InChI=1S/C16H13ClN4O2/c1-23-13-5-2-11(3-6-13)16(22)20-14-8-12(17)4-7-15(14)21-10-18-9-19-21/h2-10H,1H3,(H,20,22). The van der Waals surface area contributed by atoms with Gasteiger partial charge < -0.3 is 10.1 Å². The number of methoxy groups -OCH3 is 1. The van der Waals surface area contributed by atoms with Crippen LogP contribution in [0, 0.1) is 0 Å². The predicted molar refractivity (Wildman–Crippen MR) is 87.3 cm³/mol. The van der Waals surface area contributed by atoms with Gasteiger partial charge in [0.15, 0.2) is 0 Å². The molecule has 3 aromatic rings. The van der Waals surface area contributed by atoms with Gasteiger partial charge in [0.05, 0.1) is 18.5 Å². The Balaban J connectivity index is 1.89. The molecule has 7 heteroatoms. The Morgan fingerprint density at radius 2 is 2.00 bits per heavy atom. The number of ether oxygens (including phenoxy) is 1. The molecule has 1 heterocycles. The summed E-state index contributed by atoms with van der Waals surface area (Å²) in [7, 11) is 1.57. The number of hydrogen-bond donors (Lipinski definition) is 1. The SMILES string of the molecule is COc1ccc(C(=O)Nc2cc(Cl)ccc2-n2cncn2)cc1. The molecule has 0 aliphatic heterocycles. The molecule has 0 saturated heterocycles. The molecule has 0 atom stereocenters. The van der Waals surface area contributed by atoms with Crippen molar-refractivity contribution in [3.63, 3.8) is 0 Å². The van der Waals surface area contributed by atoms with Crippen molar-refractivity contribution in [2.45, 2.75) is 0 Å². The van der Waals surface area contributed by atoms with Crippen molar-refractivity contribution in [3.8, 4) is 11.4 Å². The number of carbonyl (C=O) groups excluding carboxylic acids is 1. The zero-order chi connectivity index (χ0) is 16.2. The lowest BCUT2D eigenvalue weighted by atomic mass is 10.2. The fourth-order valence-electron chi connectivity index (χ4n) is 2.08. The van der Waals surface area contributed by atoms with Gasteiger partial charge in [-0.15, -0.1) is 0 Å². The first-order chi connectivity index (χ1) is 11.2. The number of aromatic nitrogens is 3. The average molecular weight is 329 g/mol. The van der Waals surface area contributed by atoms with Gasteiger partial charge in [-0.1, -0.05) is 11.6 Å². The number of nitrogens with zero attached hydrogens (tertiary/aromatic N) is 3. The van der Waals surface area contributed by atoms with Crippen LogP contribution in [0.2, 0.25) is 5.02 Å². The summed E-state index contributed by atoms with van der Waals surface area (Å²) in [5, 5.41) is 7.43. The maximum atomic E-state index is 12.4. The van der Waals surface area contributed by atoms with Gasteiger partial charge in [-0.3, -0.25) is 4.79 Å². The van der Waals surface area contributed by atoms with Gasteiger partial charge in [0.25, 0.3) is 5.91 Å². The van der Waals surface area contributed by atoms with Crippen molar-refractivity contribution >= 4 is 23.2 Å². The fraction of sp³-hybridized carbons (Fsp3) is 0.0625. The molecule has 3 rings (SSSR count). The maximum absolute atomic E-state index is 12.4. The van der Waals surface area contributed by atoms with Crippen LogP contribution in [0.15, 0.2) is 55.1 Å². The molecule has 116 valence electrons. The number of rotatable bonds is 4. The van der Waals surface area contributed by atoms with E-state index in [4.69, 9.17) is 16.3 Å². The molecular formula is C16H13ClN4O2. The number of amides is 1. The van der Waals surface area contributed by atoms with Crippen LogP contribution < -0.4 is 10.1 Å². The first-order valence-electron chi connectivity index (χ1n) is 6.77. The minimum Gasteiger partial charge on any atom is -0.497 e. The highest BCUT2D eigenvalue weighted by Crippen LogP contribution is 2.24. The van der Waals surface area contributed by atoms with E-state index in [1.165, 1.54) is 6.33 Å². The zero-order valence-corrected chi connectivity index (χ0v) is 13.0. The minimum atomic E-state index is -0.253. The second-order valence-electron chi connectivity index (χ2n) is 4.68. The highest BCUT2D eigenvalue weighted by Gasteiger charge is 2.12. The van der Waals surface area contributed by atoms with E-state index in [-0.39, 0.29) is 5.91 Å². The van der Waals surface area contributed by atoms with E-state index >= 15 is 0 Å². The summed E-state index contributed by atoms with van der Waals surface area (Å²) in [5.74, 6) is 0.434. The highest BCUT2D eigenvalue weighted by molar-refractivity contribution is 6.31. The molecule has 0 aliphatic carbocycles. The van der Waals surface area contributed by atoms with Gasteiger partial charge in [-0.25, -0.2) is 9.67 Å². The number of hydrogen-bond acceptors (Lipinski definition) is 4. The fourth-order valence-corrected chi connectivity index (χ4v) is 2.25. The number of anilines is 1. The van der Waals surface area contributed by atoms with Crippen LogP contribution in [0.3, 0.4) is 0 Å². The van der Waals surface area contributed by atoms with Gasteiger partial charge in [-0.05, 0) is 42.5 Å². The van der Waals surface area contributed by atoms with E-state index in [1.54, 1.807) is 60.6 Å². The predicted octanol–water partition coefficient (Wildman–Crippen LogP) is 3.18. The molecule has 0 unspecified atom stereocenters. The summed E-state index contributed by atoms with van der Waals surface area (Å²) in [6.07, 6.45) is 2.97. The monoisotopic (exact) mass is 328 g/mol. The zero-order valence-electron chi connectivity index (χ0n) is 12.2. The molecule has 1 aromatic heterocycles. The highest BCUT2D eigenvalue weighted by atomic mass is 35.5. The summed E-state index contributed by atoms with van der Waals surface area (Å²) < 4.78 is 6.64. The molecule has 23 heavy (non-hydrogen) atoms. The van der Waals surface area contributed by atoms with Gasteiger partial charge in [0, 0.05) is 10.6 Å². The third-order valence-electron chi connectivity index (χ3n) is 3.22. The van der Waals surface area contributed by atoms with Crippen LogP contribution in [-0.2, 0) is 0 Å². The van der Waals surface area contributed by atoms with E-state index in [0.29, 0.717) is 27.7 Å². The van der Waals surface area contributed by atoms with Crippen LogP contribution in [0.1, 0.15) is 10.4 Å². The molecule has 0 bridgehead atoms. The smallest absolute Gasteiger partial charge is 0.255 e. The molecular weight excluding hydrogens is 316 g/mol. The summed E-state index contributed by atoms with van der Waals surface area (Å²) in [6, 6.07) is 12.0. The van der Waals surface area contributed by atoms with Crippen LogP contribution in [-0.4, -0.2) is 27.8 Å². The van der Waals surface area contributed by atoms with Crippen molar-refractivity contribution in [1.29, 1.82) is 0 Å². The van der Waals surface area contributed by atoms with E-state index in [9.17, 15) is 4.79 Å². The number of halogens is 1. The Morgan fingerprint density at radius 3 is 2.65 bits per heavy atom. The van der Waals surface area contributed by atoms with Crippen molar-refractivity contribution in [2.75, 3.05) is 12.4 Å². The molecule has 0 saturated carbocycles. The second kappa shape index (κ2) is 6.50. The average Bonchev–Trinajstić information content (AvgIpc) is 3.09. The van der Waals surface area contributed by atoms with Crippen molar-refractivity contribution in [1.82, 2.24) is 14.8 Å². The van der Waals surface area contributed by atoms with Crippen LogP contribution in [0.25, 0.3) is 5.69 Å². The largest absolute Gasteiger partial charge is 0.497 e. The Hall–Kier alpha value is -2.86. The molecule has 1 N–H and O–H groups in total. The van der Waals surface area contributed by atoms with Crippen molar-refractivity contribution in [3.05, 3.63) is 65.7 Å². The summed E-state index contributed by atoms with van der Waals surface area (Å²) in [4.78, 5) is 16.3. The molecule has 0 radical (unpaired) electrons. The molecule has 2 aromatic carbocycles. The Bertz CT molecular complexity index is 817. The van der Waals surface area contributed by atoms with E-state index < -0.39 is 0 Å². The topological polar surface area (TPSA) is 69.0 Å². The van der Waals surface area contributed by atoms with E-state index in [1.807, 2.05) is 0 Å². The molecule has 0 spiro atoms. The number of benzene rings is 2. The van der Waals surface area contributed by atoms with Gasteiger partial charge in [0.1, 0.15) is 18.4 Å². The third kappa shape index (κ3) is 3.32. The van der Waals surface area contributed by atoms with Crippen LogP contribution in [0.5, 0.6) is 5.75 Å².